The van der Waals surface area contributed by atoms with Gasteiger partial charge in [0.2, 0.25) is 0 Å². The second-order valence-electron chi connectivity index (χ2n) is 2.30. The molecule has 0 amide bonds. The van der Waals surface area contributed by atoms with Crippen LogP contribution in [0.15, 0.2) is 0 Å². The fourth-order valence-electron chi connectivity index (χ4n) is 0.685. The maximum atomic E-state index is 10.8. The van der Waals surface area contributed by atoms with Gasteiger partial charge in [0.1, 0.15) is 5.38 Å². The molecule has 0 heterocycles. The highest BCUT2D eigenvalue weighted by molar-refractivity contribution is 6.31. The van der Waals surface area contributed by atoms with E-state index in [1.165, 1.54) is 7.11 Å². The molecule has 0 fully saturated rings. The van der Waals surface area contributed by atoms with Crippen LogP contribution < -0.4 is 0 Å². The topological polar surface area (TPSA) is 26.3 Å². The zero-order valence-corrected chi connectivity index (χ0v) is 8.99. The SMILES string of the molecule is COC(=O)C(Cl)CC(Cl)CCCl. The molecule has 0 aromatic rings. The summed E-state index contributed by atoms with van der Waals surface area (Å²) in [4.78, 5) is 10.8. The van der Waals surface area contributed by atoms with Gasteiger partial charge in [0, 0.05) is 11.3 Å². The Bertz CT molecular complexity index is 141. The third-order valence-corrected chi connectivity index (χ3v) is 2.31. The summed E-state index contributed by atoms with van der Waals surface area (Å²) < 4.78 is 4.43. The number of methoxy groups -OCH3 is 1. The van der Waals surface area contributed by atoms with E-state index in [0.29, 0.717) is 18.7 Å². The maximum Gasteiger partial charge on any atom is 0.323 e. The Morgan fingerprint density at radius 2 is 2.08 bits per heavy atom. The van der Waals surface area contributed by atoms with Crippen LogP contribution in [0.3, 0.4) is 0 Å². The Kier molecular flexibility index (Phi) is 7.01. The second kappa shape index (κ2) is 6.81. The van der Waals surface area contributed by atoms with E-state index in [0.717, 1.165) is 0 Å². The summed E-state index contributed by atoms with van der Waals surface area (Å²) >= 11 is 16.9. The second-order valence-corrected chi connectivity index (χ2v) is 3.82. The van der Waals surface area contributed by atoms with Gasteiger partial charge in [-0.3, -0.25) is 4.79 Å². The Morgan fingerprint density at radius 1 is 1.50 bits per heavy atom. The molecule has 2 atom stereocenters. The van der Waals surface area contributed by atoms with E-state index < -0.39 is 11.3 Å². The number of halogens is 3. The van der Waals surface area contributed by atoms with E-state index in [-0.39, 0.29) is 5.38 Å². The molecule has 2 unspecified atom stereocenters. The van der Waals surface area contributed by atoms with Crippen molar-refractivity contribution in [3.63, 3.8) is 0 Å². The molecule has 0 rings (SSSR count). The summed E-state index contributed by atoms with van der Waals surface area (Å²) in [7, 11) is 1.29. The van der Waals surface area contributed by atoms with Crippen molar-refractivity contribution in [2.24, 2.45) is 0 Å². The average Bonchev–Trinajstić information content (AvgIpc) is 2.03. The molecule has 0 aliphatic carbocycles. The third-order valence-electron chi connectivity index (χ3n) is 1.34. The van der Waals surface area contributed by atoms with Gasteiger partial charge in [0.25, 0.3) is 0 Å². The van der Waals surface area contributed by atoms with Crippen molar-refractivity contribution in [1.82, 2.24) is 0 Å². The molecule has 2 nitrogen and oxygen atoms in total. The smallest absolute Gasteiger partial charge is 0.323 e. The Morgan fingerprint density at radius 3 is 2.50 bits per heavy atom. The van der Waals surface area contributed by atoms with Crippen LogP contribution >= 0.6 is 34.8 Å². The normalized spacial score (nSPS) is 15.3. The zero-order valence-electron chi connectivity index (χ0n) is 6.73. The maximum absolute atomic E-state index is 10.8. The van der Waals surface area contributed by atoms with Crippen LogP contribution in [0.5, 0.6) is 0 Å². The molecule has 0 radical (unpaired) electrons. The molecule has 0 spiro atoms. The molecule has 72 valence electrons. The number of alkyl halides is 3. The van der Waals surface area contributed by atoms with Gasteiger partial charge in [-0.2, -0.15) is 0 Å². The van der Waals surface area contributed by atoms with Crippen LogP contribution in [0.25, 0.3) is 0 Å². The summed E-state index contributed by atoms with van der Waals surface area (Å²) in [5.41, 5.74) is 0. The molecule has 0 saturated carbocycles. The van der Waals surface area contributed by atoms with Crippen LogP contribution in [-0.2, 0) is 9.53 Å². The summed E-state index contributed by atoms with van der Waals surface area (Å²) in [6.07, 6.45) is 1.03. The lowest BCUT2D eigenvalue weighted by Crippen LogP contribution is -2.20. The molecular formula is C7H11Cl3O2. The molecule has 0 aromatic heterocycles. The van der Waals surface area contributed by atoms with Crippen molar-refractivity contribution in [1.29, 1.82) is 0 Å². The molecule has 0 aromatic carbocycles. The standard InChI is InChI=1S/C7H11Cl3O2/c1-12-7(11)6(10)4-5(9)2-3-8/h5-6H,2-4H2,1H3. The van der Waals surface area contributed by atoms with Gasteiger partial charge in [-0.1, -0.05) is 0 Å². The molecule has 0 N–H and O–H groups in total. The molecule has 0 aliphatic heterocycles. The fourth-order valence-corrected chi connectivity index (χ4v) is 1.74. The van der Waals surface area contributed by atoms with Gasteiger partial charge in [-0.15, -0.1) is 34.8 Å². The quantitative estimate of drug-likeness (QED) is 0.538. The van der Waals surface area contributed by atoms with E-state index in [1.807, 2.05) is 0 Å². The van der Waals surface area contributed by atoms with Gasteiger partial charge in [0.05, 0.1) is 7.11 Å². The number of esters is 1. The van der Waals surface area contributed by atoms with Crippen molar-refractivity contribution in [2.45, 2.75) is 23.6 Å². The highest BCUT2D eigenvalue weighted by Gasteiger charge is 2.19. The lowest BCUT2D eigenvalue weighted by molar-refractivity contribution is -0.140. The van der Waals surface area contributed by atoms with Crippen molar-refractivity contribution < 1.29 is 9.53 Å². The molecule has 0 aliphatic rings. The largest absolute Gasteiger partial charge is 0.468 e. The van der Waals surface area contributed by atoms with Crippen LogP contribution in [-0.4, -0.2) is 29.7 Å². The minimum atomic E-state index is -0.666. The highest BCUT2D eigenvalue weighted by atomic mass is 35.5. The summed E-state index contributed by atoms with van der Waals surface area (Å²) in [5.74, 6) is 0.0239. The van der Waals surface area contributed by atoms with Crippen LogP contribution in [0.1, 0.15) is 12.8 Å². The van der Waals surface area contributed by atoms with Gasteiger partial charge in [-0.25, -0.2) is 0 Å². The molecule has 0 saturated heterocycles. The van der Waals surface area contributed by atoms with Gasteiger partial charge in [0.15, 0.2) is 0 Å². The lowest BCUT2D eigenvalue weighted by atomic mass is 10.2. The van der Waals surface area contributed by atoms with Gasteiger partial charge >= 0.3 is 5.97 Å². The first-order chi connectivity index (χ1) is 5.61. The van der Waals surface area contributed by atoms with Gasteiger partial charge < -0.3 is 4.74 Å². The molecular weight excluding hydrogens is 222 g/mol. The van der Waals surface area contributed by atoms with E-state index in [4.69, 9.17) is 34.8 Å². The van der Waals surface area contributed by atoms with Crippen LogP contribution in [0, 0.1) is 0 Å². The number of ether oxygens (including phenoxy) is 1. The minimum absolute atomic E-state index is 0.163. The predicted molar refractivity (Wildman–Crippen MR) is 51.3 cm³/mol. The molecule has 5 heteroatoms. The third kappa shape index (κ3) is 5.07. The molecule has 0 bridgehead atoms. The Labute approximate surface area is 87.1 Å². The van der Waals surface area contributed by atoms with E-state index >= 15 is 0 Å². The summed E-state index contributed by atoms with van der Waals surface area (Å²) in [6.45, 7) is 0. The Balaban J connectivity index is 3.67. The molecule has 12 heavy (non-hydrogen) atoms. The summed E-state index contributed by atoms with van der Waals surface area (Å²) in [6, 6.07) is 0. The van der Waals surface area contributed by atoms with Crippen molar-refractivity contribution in [2.75, 3.05) is 13.0 Å². The van der Waals surface area contributed by atoms with E-state index in [2.05, 4.69) is 4.74 Å². The van der Waals surface area contributed by atoms with Crippen LogP contribution in [0.2, 0.25) is 0 Å². The van der Waals surface area contributed by atoms with Crippen molar-refractivity contribution in [3.05, 3.63) is 0 Å². The van der Waals surface area contributed by atoms with Crippen LogP contribution in [0.4, 0.5) is 0 Å². The predicted octanol–water partition coefficient (Wildman–Crippen LogP) is 2.39. The van der Waals surface area contributed by atoms with E-state index in [1.54, 1.807) is 0 Å². The first-order valence-corrected chi connectivity index (χ1v) is 4.94. The Hall–Kier alpha value is 0.340. The first kappa shape index (κ1) is 12.3. The number of carbonyl (C=O) groups excluding carboxylic acids is 1. The zero-order chi connectivity index (χ0) is 9.56. The first-order valence-electron chi connectivity index (χ1n) is 3.53. The van der Waals surface area contributed by atoms with Crippen molar-refractivity contribution >= 4 is 40.8 Å². The fraction of sp³-hybridized carbons (Fsp3) is 0.857. The number of hydrogen-bond acceptors (Lipinski definition) is 2. The monoisotopic (exact) mass is 232 g/mol. The van der Waals surface area contributed by atoms with Crippen molar-refractivity contribution in [3.8, 4) is 0 Å². The number of rotatable bonds is 5. The van der Waals surface area contributed by atoms with Gasteiger partial charge in [-0.05, 0) is 12.8 Å². The summed E-state index contributed by atoms with van der Waals surface area (Å²) in [5, 5.41) is -0.829. The lowest BCUT2D eigenvalue weighted by Gasteiger charge is -2.10. The average molecular weight is 234 g/mol. The minimum Gasteiger partial charge on any atom is -0.468 e. The van der Waals surface area contributed by atoms with E-state index in [9.17, 15) is 4.79 Å². The number of carbonyl (C=O) groups is 1. The number of hydrogen-bond donors (Lipinski definition) is 0. The highest BCUT2D eigenvalue weighted by Crippen LogP contribution is 2.15.